The highest BCUT2D eigenvalue weighted by Crippen LogP contribution is 2.12. The van der Waals surface area contributed by atoms with Gasteiger partial charge in [-0.15, -0.1) is 5.10 Å². The smallest absolute Gasteiger partial charge is 0.102 e. The number of aromatic nitrogens is 3. The van der Waals surface area contributed by atoms with Gasteiger partial charge in [-0.1, -0.05) is 5.21 Å². The fourth-order valence-electron chi connectivity index (χ4n) is 1.11. The molecule has 92 valence electrons. The van der Waals surface area contributed by atoms with Crippen LogP contribution in [-0.4, -0.2) is 41.9 Å². The highest BCUT2D eigenvalue weighted by atomic mass is 16.5. The molecule has 1 rings (SSSR count). The Kier molecular flexibility index (Phi) is 4.85. The molecule has 0 aromatic carbocycles. The van der Waals surface area contributed by atoms with Crippen LogP contribution < -0.4 is 5.73 Å². The van der Waals surface area contributed by atoms with Gasteiger partial charge in [0.05, 0.1) is 38.1 Å². The fraction of sp³-hybridized carbons (Fsp3) is 0.800. The maximum absolute atomic E-state index is 5.90. The van der Waals surface area contributed by atoms with E-state index in [9.17, 15) is 0 Å². The molecule has 0 spiro atoms. The average Bonchev–Trinajstić information content (AvgIpc) is 2.65. The van der Waals surface area contributed by atoms with E-state index < -0.39 is 5.54 Å². The van der Waals surface area contributed by atoms with Gasteiger partial charge in [0.25, 0.3) is 0 Å². The van der Waals surface area contributed by atoms with Crippen molar-refractivity contribution in [3.8, 4) is 0 Å². The molecule has 0 amide bonds. The van der Waals surface area contributed by atoms with Gasteiger partial charge in [0, 0.05) is 7.11 Å². The summed E-state index contributed by atoms with van der Waals surface area (Å²) >= 11 is 0. The number of ether oxygens (including phenoxy) is 2. The Morgan fingerprint density at radius 1 is 1.38 bits per heavy atom. The summed E-state index contributed by atoms with van der Waals surface area (Å²) in [6, 6.07) is 0. The summed E-state index contributed by atoms with van der Waals surface area (Å²) in [6.45, 7) is 6.27. The topological polar surface area (TPSA) is 75.2 Å². The quantitative estimate of drug-likeness (QED) is 0.672. The van der Waals surface area contributed by atoms with E-state index in [1.165, 1.54) is 0 Å². The molecular weight excluding hydrogens is 208 g/mol. The van der Waals surface area contributed by atoms with Crippen LogP contribution in [0, 0.1) is 0 Å². The minimum Gasteiger partial charge on any atom is -0.382 e. The lowest BCUT2D eigenvalue weighted by Gasteiger charge is -2.13. The SMILES string of the molecule is COCCOCCn1cc(C(C)(C)N)nn1. The Bertz CT molecular complexity index is 306. The molecule has 0 saturated carbocycles. The van der Waals surface area contributed by atoms with Gasteiger partial charge in [-0.05, 0) is 13.8 Å². The number of hydrogen-bond acceptors (Lipinski definition) is 5. The molecule has 1 aromatic heterocycles. The number of methoxy groups -OCH3 is 1. The summed E-state index contributed by atoms with van der Waals surface area (Å²) in [5.41, 5.74) is 6.23. The molecule has 0 radical (unpaired) electrons. The van der Waals surface area contributed by atoms with E-state index in [-0.39, 0.29) is 0 Å². The van der Waals surface area contributed by atoms with E-state index in [0.717, 1.165) is 5.69 Å². The molecular formula is C10H20N4O2. The lowest BCUT2D eigenvalue weighted by molar-refractivity contribution is 0.0652. The molecule has 1 heterocycles. The Hall–Kier alpha value is -0.980. The van der Waals surface area contributed by atoms with Crippen LogP contribution in [0.15, 0.2) is 6.20 Å². The van der Waals surface area contributed by atoms with E-state index >= 15 is 0 Å². The molecule has 1 aromatic rings. The fourth-order valence-corrected chi connectivity index (χ4v) is 1.11. The van der Waals surface area contributed by atoms with Gasteiger partial charge in [-0.2, -0.15) is 0 Å². The van der Waals surface area contributed by atoms with Gasteiger partial charge in [-0.3, -0.25) is 0 Å². The normalized spacial score (nSPS) is 12.0. The molecule has 0 aliphatic heterocycles. The highest BCUT2D eigenvalue weighted by Gasteiger charge is 2.17. The average molecular weight is 228 g/mol. The first-order valence-electron chi connectivity index (χ1n) is 5.30. The number of hydrogen-bond donors (Lipinski definition) is 1. The molecule has 0 bridgehead atoms. The van der Waals surface area contributed by atoms with Gasteiger partial charge >= 0.3 is 0 Å². The molecule has 0 aliphatic carbocycles. The Balaban J connectivity index is 2.30. The van der Waals surface area contributed by atoms with E-state index in [4.69, 9.17) is 15.2 Å². The second-order valence-corrected chi connectivity index (χ2v) is 4.19. The van der Waals surface area contributed by atoms with Gasteiger partial charge in [0.2, 0.25) is 0 Å². The minimum atomic E-state index is -0.449. The number of rotatable bonds is 7. The molecule has 0 saturated heterocycles. The van der Waals surface area contributed by atoms with Crippen molar-refractivity contribution >= 4 is 0 Å². The van der Waals surface area contributed by atoms with Gasteiger partial charge in [0.15, 0.2) is 0 Å². The molecule has 0 aliphatic rings. The Morgan fingerprint density at radius 2 is 2.12 bits per heavy atom. The summed E-state index contributed by atoms with van der Waals surface area (Å²) in [6.07, 6.45) is 1.85. The van der Waals surface area contributed by atoms with Crippen molar-refractivity contribution < 1.29 is 9.47 Å². The predicted octanol–water partition coefficient (Wildman–Crippen LogP) is 0.135. The van der Waals surface area contributed by atoms with Gasteiger partial charge < -0.3 is 15.2 Å². The zero-order valence-electron chi connectivity index (χ0n) is 10.1. The molecule has 0 atom stereocenters. The minimum absolute atomic E-state index is 0.449. The first-order valence-corrected chi connectivity index (χ1v) is 5.30. The van der Waals surface area contributed by atoms with Crippen molar-refractivity contribution in [1.82, 2.24) is 15.0 Å². The summed E-state index contributed by atoms with van der Waals surface area (Å²) in [5, 5.41) is 7.99. The van der Waals surface area contributed by atoms with Crippen LogP contribution in [0.2, 0.25) is 0 Å². The van der Waals surface area contributed by atoms with E-state index in [0.29, 0.717) is 26.4 Å². The summed E-state index contributed by atoms with van der Waals surface area (Å²) in [7, 11) is 1.65. The van der Waals surface area contributed by atoms with Crippen molar-refractivity contribution in [2.24, 2.45) is 5.73 Å². The van der Waals surface area contributed by atoms with E-state index in [2.05, 4.69) is 10.3 Å². The zero-order chi connectivity index (χ0) is 12.0. The lowest BCUT2D eigenvalue weighted by atomic mass is 10.0. The van der Waals surface area contributed by atoms with Gasteiger partial charge in [-0.25, -0.2) is 4.68 Å². The van der Waals surface area contributed by atoms with Crippen LogP contribution in [0.4, 0.5) is 0 Å². The van der Waals surface area contributed by atoms with Crippen molar-refractivity contribution in [1.29, 1.82) is 0 Å². The maximum atomic E-state index is 5.90. The van der Waals surface area contributed by atoms with E-state index in [1.807, 2.05) is 20.0 Å². The summed E-state index contributed by atoms with van der Waals surface area (Å²) in [5.74, 6) is 0. The largest absolute Gasteiger partial charge is 0.382 e. The summed E-state index contributed by atoms with van der Waals surface area (Å²) in [4.78, 5) is 0. The maximum Gasteiger partial charge on any atom is 0.102 e. The second kappa shape index (κ2) is 5.93. The predicted molar refractivity (Wildman–Crippen MR) is 59.9 cm³/mol. The highest BCUT2D eigenvalue weighted by molar-refractivity contribution is 5.05. The first kappa shape index (κ1) is 13.1. The standard InChI is InChI=1S/C10H20N4O2/c1-10(2,11)9-8-14(13-12-9)4-5-16-7-6-15-3/h8H,4-7,11H2,1-3H3. The Labute approximate surface area is 95.7 Å². The lowest BCUT2D eigenvalue weighted by Crippen LogP contribution is -2.29. The number of nitrogens with zero attached hydrogens (tertiary/aromatic N) is 3. The number of nitrogens with two attached hydrogens (primary N) is 1. The van der Waals surface area contributed by atoms with Gasteiger partial charge in [0.1, 0.15) is 5.69 Å². The van der Waals surface area contributed by atoms with Crippen LogP contribution in [0.25, 0.3) is 0 Å². The van der Waals surface area contributed by atoms with Crippen molar-refractivity contribution in [3.63, 3.8) is 0 Å². The molecule has 6 heteroatoms. The van der Waals surface area contributed by atoms with Crippen molar-refractivity contribution in [2.75, 3.05) is 26.9 Å². The van der Waals surface area contributed by atoms with Crippen LogP contribution in [0.1, 0.15) is 19.5 Å². The van der Waals surface area contributed by atoms with Crippen molar-refractivity contribution in [3.05, 3.63) is 11.9 Å². The van der Waals surface area contributed by atoms with Crippen LogP contribution in [0.3, 0.4) is 0 Å². The first-order chi connectivity index (χ1) is 7.54. The second-order valence-electron chi connectivity index (χ2n) is 4.19. The zero-order valence-corrected chi connectivity index (χ0v) is 10.1. The molecule has 0 fully saturated rings. The van der Waals surface area contributed by atoms with Crippen LogP contribution in [-0.2, 0) is 21.6 Å². The van der Waals surface area contributed by atoms with Crippen molar-refractivity contribution in [2.45, 2.75) is 25.9 Å². The molecule has 6 nitrogen and oxygen atoms in total. The molecule has 2 N–H and O–H groups in total. The Morgan fingerprint density at radius 3 is 2.69 bits per heavy atom. The third kappa shape index (κ3) is 4.26. The monoisotopic (exact) mass is 228 g/mol. The third-order valence-corrected chi connectivity index (χ3v) is 2.10. The van der Waals surface area contributed by atoms with E-state index in [1.54, 1.807) is 11.8 Å². The molecule has 0 unspecified atom stereocenters. The summed E-state index contributed by atoms with van der Waals surface area (Å²) < 4.78 is 11.9. The third-order valence-electron chi connectivity index (χ3n) is 2.10. The molecule has 16 heavy (non-hydrogen) atoms. The van der Waals surface area contributed by atoms with Crippen LogP contribution >= 0.6 is 0 Å². The van der Waals surface area contributed by atoms with Crippen LogP contribution in [0.5, 0.6) is 0 Å².